The van der Waals surface area contributed by atoms with E-state index in [2.05, 4.69) is 11.9 Å². The molecule has 0 aromatic heterocycles. The molecule has 6 heteroatoms. The van der Waals surface area contributed by atoms with Crippen molar-refractivity contribution in [1.29, 1.82) is 0 Å². The van der Waals surface area contributed by atoms with E-state index < -0.39 is 0 Å². The molecule has 3 fully saturated rings. The summed E-state index contributed by atoms with van der Waals surface area (Å²) in [5, 5.41) is 19.8. The first-order chi connectivity index (χ1) is 14.3. The molecule has 2 N–H and O–H groups in total. The summed E-state index contributed by atoms with van der Waals surface area (Å²) < 4.78 is 6.21. The number of hydrogen-bond donors (Lipinski definition) is 2. The Morgan fingerprint density at radius 1 is 1.23 bits per heavy atom. The van der Waals surface area contributed by atoms with E-state index in [0.717, 1.165) is 76.8 Å². The van der Waals surface area contributed by atoms with Gasteiger partial charge in [-0.2, -0.15) is 0 Å². The molecule has 1 atom stereocenters. The Kier molecular flexibility index (Phi) is 6.37. The lowest BCUT2D eigenvalue weighted by Gasteiger charge is -2.39. The lowest BCUT2D eigenvalue weighted by molar-refractivity contribution is 0.0335. The van der Waals surface area contributed by atoms with Crippen LogP contribution in [0, 0.1) is 12.3 Å². The maximum Gasteiger partial charge on any atom is 0.257 e. The van der Waals surface area contributed by atoms with Gasteiger partial charge in [-0.05, 0) is 76.5 Å². The lowest BCUT2D eigenvalue weighted by atomic mass is 9.76. The number of benzene rings is 1. The first-order valence-corrected chi connectivity index (χ1v) is 11.4. The van der Waals surface area contributed by atoms with Crippen molar-refractivity contribution in [3.63, 3.8) is 0 Å². The van der Waals surface area contributed by atoms with Gasteiger partial charge < -0.3 is 24.7 Å². The van der Waals surface area contributed by atoms with E-state index in [4.69, 9.17) is 4.74 Å². The zero-order valence-corrected chi connectivity index (χ0v) is 18.3. The molecule has 1 amide bonds. The molecule has 1 aliphatic carbocycles. The zero-order valence-electron chi connectivity index (χ0n) is 18.3. The maximum atomic E-state index is 12.9. The number of phenolic OH excluding ortho intramolecular Hbond substituents is 1. The molecule has 1 aromatic carbocycles. The Hall–Kier alpha value is -1.63. The second-order valence-electron chi connectivity index (χ2n) is 9.85. The van der Waals surface area contributed by atoms with Crippen molar-refractivity contribution in [2.24, 2.45) is 5.41 Å². The van der Waals surface area contributed by atoms with Gasteiger partial charge in [0.1, 0.15) is 5.75 Å². The molecule has 2 aliphatic heterocycles. The molecule has 2 saturated heterocycles. The zero-order chi connectivity index (χ0) is 21.3. The summed E-state index contributed by atoms with van der Waals surface area (Å²) >= 11 is 0. The Balaban J connectivity index is 1.28. The van der Waals surface area contributed by atoms with Crippen molar-refractivity contribution in [2.45, 2.75) is 70.1 Å². The average molecular weight is 417 g/mol. The molecule has 1 aromatic rings. The summed E-state index contributed by atoms with van der Waals surface area (Å²) in [5.74, 6) is -0.00541. The van der Waals surface area contributed by atoms with Gasteiger partial charge in [0.05, 0.1) is 24.4 Å². The molecule has 4 rings (SSSR count). The predicted molar refractivity (Wildman–Crippen MR) is 116 cm³/mol. The number of likely N-dealkylation sites (tertiary alicyclic amines) is 1. The fraction of sp³-hybridized carbons (Fsp3) is 0.708. The van der Waals surface area contributed by atoms with E-state index in [0.29, 0.717) is 11.6 Å². The summed E-state index contributed by atoms with van der Waals surface area (Å²) in [6, 6.07) is 5.75. The number of aliphatic hydroxyl groups excluding tert-OH is 1. The van der Waals surface area contributed by atoms with Crippen LogP contribution in [-0.4, -0.2) is 77.5 Å². The van der Waals surface area contributed by atoms with Crippen LogP contribution >= 0.6 is 0 Å². The SMILES string of the molecule is Cc1ccc(O)c(C(=O)N2CCC3(CC2)CO[C@@H](CN(C)C2CCC(O)CC2)C3)c1. The van der Waals surface area contributed by atoms with Crippen molar-refractivity contribution in [1.82, 2.24) is 9.80 Å². The highest BCUT2D eigenvalue weighted by molar-refractivity contribution is 5.97. The summed E-state index contributed by atoms with van der Waals surface area (Å²) in [6.45, 7) is 5.11. The minimum absolute atomic E-state index is 0.0634. The standard InChI is InChI=1S/C24H36N2O4/c1-17-3-8-22(28)21(13-17)23(29)26-11-9-24(10-12-26)14-20(30-16-24)15-25(2)18-4-6-19(27)7-5-18/h3,8,13,18-20,27-28H,4-7,9-12,14-16H2,1-2H3/t18?,19?,20-/m1/s1. The van der Waals surface area contributed by atoms with Crippen LogP contribution in [0.25, 0.3) is 0 Å². The topological polar surface area (TPSA) is 73.2 Å². The number of nitrogens with zero attached hydrogens (tertiary/aromatic N) is 2. The minimum Gasteiger partial charge on any atom is -0.507 e. The number of amides is 1. The van der Waals surface area contributed by atoms with Crippen molar-refractivity contribution in [3.8, 4) is 5.75 Å². The molecule has 2 heterocycles. The van der Waals surface area contributed by atoms with Gasteiger partial charge in [0.25, 0.3) is 5.91 Å². The second-order valence-corrected chi connectivity index (χ2v) is 9.85. The highest BCUT2D eigenvalue weighted by Gasteiger charge is 2.43. The number of rotatable bonds is 4. The third kappa shape index (κ3) is 4.66. The molecule has 30 heavy (non-hydrogen) atoms. The van der Waals surface area contributed by atoms with Crippen LogP contribution in [0.1, 0.15) is 60.9 Å². The number of phenols is 1. The van der Waals surface area contributed by atoms with Gasteiger partial charge >= 0.3 is 0 Å². The normalized spacial score (nSPS) is 28.9. The van der Waals surface area contributed by atoms with E-state index in [1.807, 2.05) is 17.9 Å². The molecule has 1 saturated carbocycles. The number of aliphatic hydroxyl groups is 1. The van der Waals surface area contributed by atoms with Gasteiger partial charge in [-0.3, -0.25) is 4.79 Å². The Labute approximate surface area is 179 Å². The van der Waals surface area contributed by atoms with Gasteiger partial charge in [0.2, 0.25) is 0 Å². The lowest BCUT2D eigenvalue weighted by Crippen LogP contribution is -2.44. The smallest absolute Gasteiger partial charge is 0.257 e. The van der Waals surface area contributed by atoms with Crippen LogP contribution in [-0.2, 0) is 4.74 Å². The van der Waals surface area contributed by atoms with Gasteiger partial charge in [-0.1, -0.05) is 11.6 Å². The number of carbonyl (C=O) groups excluding carboxylic acids is 1. The van der Waals surface area contributed by atoms with Crippen LogP contribution in [0.15, 0.2) is 18.2 Å². The van der Waals surface area contributed by atoms with Crippen molar-refractivity contribution < 1.29 is 19.7 Å². The molecule has 0 radical (unpaired) electrons. The van der Waals surface area contributed by atoms with Crippen molar-refractivity contribution in [2.75, 3.05) is 33.3 Å². The van der Waals surface area contributed by atoms with Gasteiger partial charge in [0.15, 0.2) is 0 Å². The number of likely N-dealkylation sites (N-methyl/N-ethyl adjacent to an activating group) is 1. The van der Waals surface area contributed by atoms with Crippen LogP contribution in [0.5, 0.6) is 5.75 Å². The maximum absolute atomic E-state index is 12.9. The number of piperidine rings is 1. The summed E-state index contributed by atoms with van der Waals surface area (Å²) in [7, 11) is 2.19. The van der Waals surface area contributed by atoms with E-state index in [9.17, 15) is 15.0 Å². The van der Waals surface area contributed by atoms with E-state index >= 15 is 0 Å². The van der Waals surface area contributed by atoms with Crippen LogP contribution in [0.3, 0.4) is 0 Å². The summed E-state index contributed by atoms with van der Waals surface area (Å²) in [4.78, 5) is 17.2. The average Bonchev–Trinajstić information content (AvgIpc) is 3.12. The molecular formula is C24H36N2O4. The molecular weight excluding hydrogens is 380 g/mol. The third-order valence-electron chi connectivity index (χ3n) is 7.56. The first kappa shape index (κ1) is 21.6. The fourth-order valence-electron chi connectivity index (χ4n) is 5.51. The van der Waals surface area contributed by atoms with Gasteiger partial charge in [-0.15, -0.1) is 0 Å². The largest absolute Gasteiger partial charge is 0.507 e. The predicted octanol–water partition coefficient (Wildman–Crippen LogP) is 2.95. The molecule has 0 unspecified atom stereocenters. The summed E-state index contributed by atoms with van der Waals surface area (Å²) in [6.07, 6.45) is 7.07. The van der Waals surface area contributed by atoms with Gasteiger partial charge in [0, 0.05) is 25.7 Å². The Morgan fingerprint density at radius 3 is 2.63 bits per heavy atom. The van der Waals surface area contributed by atoms with E-state index in [-0.39, 0.29) is 29.3 Å². The molecule has 1 spiro atoms. The number of hydrogen-bond acceptors (Lipinski definition) is 5. The number of carbonyl (C=O) groups is 1. The van der Waals surface area contributed by atoms with Crippen molar-refractivity contribution in [3.05, 3.63) is 29.3 Å². The highest BCUT2D eigenvalue weighted by Crippen LogP contribution is 2.42. The highest BCUT2D eigenvalue weighted by atomic mass is 16.5. The van der Waals surface area contributed by atoms with Crippen molar-refractivity contribution >= 4 is 5.91 Å². The molecule has 6 nitrogen and oxygen atoms in total. The summed E-state index contributed by atoms with van der Waals surface area (Å²) in [5.41, 5.74) is 1.57. The van der Waals surface area contributed by atoms with E-state index in [1.165, 1.54) is 0 Å². The van der Waals surface area contributed by atoms with Gasteiger partial charge in [-0.25, -0.2) is 0 Å². The van der Waals surface area contributed by atoms with Crippen LogP contribution in [0.4, 0.5) is 0 Å². The van der Waals surface area contributed by atoms with E-state index in [1.54, 1.807) is 12.1 Å². The second kappa shape index (κ2) is 8.85. The number of aryl methyl sites for hydroxylation is 1. The monoisotopic (exact) mass is 416 g/mol. The number of aromatic hydroxyl groups is 1. The Morgan fingerprint density at radius 2 is 1.93 bits per heavy atom. The Bertz CT molecular complexity index is 752. The molecule has 0 bridgehead atoms. The third-order valence-corrected chi connectivity index (χ3v) is 7.56. The molecule has 166 valence electrons. The van der Waals surface area contributed by atoms with Crippen LogP contribution < -0.4 is 0 Å². The first-order valence-electron chi connectivity index (χ1n) is 11.4. The molecule has 3 aliphatic rings. The minimum atomic E-state index is -0.116. The quantitative estimate of drug-likeness (QED) is 0.790. The fourth-order valence-corrected chi connectivity index (χ4v) is 5.51. The number of ether oxygens (including phenoxy) is 1. The van der Waals surface area contributed by atoms with Crippen LogP contribution in [0.2, 0.25) is 0 Å².